The molecular formula is C35H39N3O5S. The van der Waals surface area contributed by atoms with Gasteiger partial charge in [0, 0.05) is 26.1 Å². The second kappa shape index (κ2) is 15.8. The Balaban J connectivity index is 1.61. The number of carbonyl (C=O) groups is 2. The Labute approximate surface area is 260 Å². The number of nitrogens with one attached hydrogen (secondary N) is 1. The van der Waals surface area contributed by atoms with Gasteiger partial charge in [0.05, 0.1) is 19.9 Å². The van der Waals surface area contributed by atoms with Gasteiger partial charge in [-0.2, -0.15) is 4.31 Å². The summed E-state index contributed by atoms with van der Waals surface area (Å²) in [5.41, 5.74) is 3.52. The number of methoxy groups -OCH3 is 1. The standard InChI is InChI=1S/C35H39N3O5S/c1-43-32-20-18-28(19-21-32)22-23-36-35(40)33(24-29-12-6-3-7-13-29)38(26-31-16-10-5-11-17-31)34(39)27-37(44(2,41)42)25-30-14-8-4-9-15-30/h3-21,33H,22-27H2,1-2H3,(H,36,40). The molecule has 0 fully saturated rings. The van der Waals surface area contributed by atoms with Crippen LogP contribution in [0.3, 0.4) is 0 Å². The number of hydrogen-bond acceptors (Lipinski definition) is 5. The summed E-state index contributed by atoms with van der Waals surface area (Å²) in [7, 11) is -2.13. The smallest absolute Gasteiger partial charge is 0.243 e. The molecule has 44 heavy (non-hydrogen) atoms. The van der Waals surface area contributed by atoms with Crippen LogP contribution in [0.2, 0.25) is 0 Å². The zero-order valence-electron chi connectivity index (χ0n) is 25.1. The molecule has 0 aliphatic heterocycles. The highest BCUT2D eigenvalue weighted by atomic mass is 32.2. The van der Waals surface area contributed by atoms with Crippen molar-refractivity contribution in [1.29, 1.82) is 0 Å². The van der Waals surface area contributed by atoms with Crippen molar-refractivity contribution in [3.8, 4) is 5.75 Å². The fraction of sp³-hybridized carbons (Fsp3) is 0.257. The lowest BCUT2D eigenvalue weighted by Crippen LogP contribution is -2.53. The Morgan fingerprint density at radius 3 is 1.77 bits per heavy atom. The first-order valence-electron chi connectivity index (χ1n) is 14.5. The molecule has 4 rings (SSSR count). The molecule has 0 bridgehead atoms. The van der Waals surface area contributed by atoms with Crippen molar-refractivity contribution < 1.29 is 22.7 Å². The topological polar surface area (TPSA) is 96.0 Å². The molecule has 4 aromatic carbocycles. The van der Waals surface area contributed by atoms with Gasteiger partial charge >= 0.3 is 0 Å². The van der Waals surface area contributed by atoms with Crippen LogP contribution < -0.4 is 10.1 Å². The van der Waals surface area contributed by atoms with Gasteiger partial charge in [-0.15, -0.1) is 0 Å². The Kier molecular flexibility index (Phi) is 11.7. The molecule has 0 saturated carbocycles. The fourth-order valence-corrected chi connectivity index (χ4v) is 5.62. The third-order valence-electron chi connectivity index (χ3n) is 7.32. The van der Waals surface area contributed by atoms with Crippen LogP contribution in [-0.2, 0) is 45.5 Å². The molecule has 0 saturated heterocycles. The quantitative estimate of drug-likeness (QED) is 0.214. The monoisotopic (exact) mass is 613 g/mol. The zero-order valence-corrected chi connectivity index (χ0v) is 26.0. The van der Waals surface area contributed by atoms with Gasteiger partial charge in [-0.1, -0.05) is 103 Å². The van der Waals surface area contributed by atoms with E-state index < -0.39 is 28.5 Å². The summed E-state index contributed by atoms with van der Waals surface area (Å²) in [6.07, 6.45) is 1.96. The van der Waals surface area contributed by atoms with Crippen LogP contribution in [0.5, 0.6) is 5.75 Å². The van der Waals surface area contributed by atoms with E-state index in [1.54, 1.807) is 7.11 Å². The minimum Gasteiger partial charge on any atom is -0.497 e. The maximum Gasteiger partial charge on any atom is 0.243 e. The van der Waals surface area contributed by atoms with E-state index in [1.165, 1.54) is 4.90 Å². The van der Waals surface area contributed by atoms with E-state index in [0.717, 1.165) is 38.6 Å². The molecule has 8 nitrogen and oxygen atoms in total. The molecule has 0 radical (unpaired) electrons. The third-order valence-corrected chi connectivity index (χ3v) is 8.52. The van der Waals surface area contributed by atoms with Gasteiger partial charge in [0.2, 0.25) is 21.8 Å². The van der Waals surface area contributed by atoms with Crippen LogP contribution in [-0.4, -0.2) is 61.9 Å². The maximum atomic E-state index is 14.1. The summed E-state index contributed by atoms with van der Waals surface area (Å²) in [6.45, 7) is 0.159. The molecule has 0 spiro atoms. The highest BCUT2D eigenvalue weighted by Gasteiger charge is 2.32. The number of nitrogens with zero attached hydrogens (tertiary/aromatic N) is 2. The highest BCUT2D eigenvalue weighted by Crippen LogP contribution is 2.17. The Bertz CT molecular complexity index is 1580. The van der Waals surface area contributed by atoms with Crippen molar-refractivity contribution in [2.45, 2.75) is 32.0 Å². The summed E-state index contributed by atoms with van der Waals surface area (Å²) in [5.74, 6) is -0.00626. The first-order valence-corrected chi connectivity index (χ1v) is 16.3. The van der Waals surface area contributed by atoms with Crippen molar-refractivity contribution in [2.24, 2.45) is 0 Å². The van der Waals surface area contributed by atoms with Crippen molar-refractivity contribution in [2.75, 3.05) is 26.5 Å². The average molecular weight is 614 g/mol. The van der Waals surface area contributed by atoms with E-state index in [4.69, 9.17) is 4.74 Å². The van der Waals surface area contributed by atoms with Gasteiger partial charge in [-0.25, -0.2) is 8.42 Å². The van der Waals surface area contributed by atoms with Gasteiger partial charge in [0.1, 0.15) is 11.8 Å². The molecule has 0 heterocycles. The van der Waals surface area contributed by atoms with Gasteiger partial charge in [0.15, 0.2) is 0 Å². The number of carbonyl (C=O) groups excluding carboxylic acids is 2. The molecule has 1 N–H and O–H groups in total. The van der Waals surface area contributed by atoms with Crippen LogP contribution in [0.4, 0.5) is 0 Å². The van der Waals surface area contributed by atoms with E-state index in [-0.39, 0.29) is 25.4 Å². The minimum absolute atomic E-state index is 0.0437. The molecule has 0 aromatic heterocycles. The number of sulfonamides is 1. The first-order chi connectivity index (χ1) is 21.2. The second-order valence-corrected chi connectivity index (χ2v) is 12.6. The molecule has 4 aromatic rings. The summed E-state index contributed by atoms with van der Waals surface area (Å²) >= 11 is 0. The molecular weight excluding hydrogens is 574 g/mol. The Morgan fingerprint density at radius 1 is 0.727 bits per heavy atom. The lowest BCUT2D eigenvalue weighted by molar-refractivity contribution is -0.141. The summed E-state index contributed by atoms with van der Waals surface area (Å²) in [6, 6.07) is 34.8. The van der Waals surface area contributed by atoms with E-state index in [0.29, 0.717) is 13.0 Å². The van der Waals surface area contributed by atoms with Gasteiger partial charge in [0.25, 0.3) is 0 Å². The first kappa shape index (κ1) is 32.4. The minimum atomic E-state index is -3.74. The van der Waals surface area contributed by atoms with Crippen LogP contribution in [0.15, 0.2) is 115 Å². The summed E-state index contributed by atoms with van der Waals surface area (Å²) < 4.78 is 32.1. The number of ether oxygens (including phenoxy) is 1. The van der Waals surface area contributed by atoms with Crippen LogP contribution >= 0.6 is 0 Å². The number of benzene rings is 4. The average Bonchev–Trinajstić information content (AvgIpc) is 3.03. The van der Waals surface area contributed by atoms with E-state index in [9.17, 15) is 18.0 Å². The molecule has 1 atom stereocenters. The van der Waals surface area contributed by atoms with Gasteiger partial charge in [-0.05, 0) is 40.8 Å². The zero-order chi connectivity index (χ0) is 31.4. The van der Waals surface area contributed by atoms with Gasteiger partial charge in [-0.3, -0.25) is 9.59 Å². The second-order valence-electron chi connectivity index (χ2n) is 10.6. The fourth-order valence-electron chi connectivity index (χ4n) is 4.89. The number of amides is 2. The van der Waals surface area contributed by atoms with Crippen molar-refractivity contribution in [3.05, 3.63) is 138 Å². The Hall–Kier alpha value is -4.47. The van der Waals surface area contributed by atoms with Gasteiger partial charge < -0.3 is 15.0 Å². The predicted octanol–water partition coefficient (Wildman–Crippen LogP) is 4.46. The lowest BCUT2D eigenvalue weighted by Gasteiger charge is -2.33. The lowest BCUT2D eigenvalue weighted by atomic mass is 10.0. The maximum absolute atomic E-state index is 14.1. The van der Waals surface area contributed by atoms with E-state index in [2.05, 4.69) is 5.32 Å². The number of hydrogen-bond donors (Lipinski definition) is 1. The normalized spacial score (nSPS) is 12.0. The molecule has 230 valence electrons. The number of rotatable bonds is 15. The molecule has 2 amide bonds. The SMILES string of the molecule is COc1ccc(CCNC(=O)C(Cc2ccccc2)N(Cc2ccccc2)C(=O)CN(Cc2ccccc2)S(C)(=O)=O)cc1. The van der Waals surface area contributed by atoms with Crippen molar-refractivity contribution in [3.63, 3.8) is 0 Å². The third kappa shape index (κ3) is 9.79. The van der Waals surface area contributed by atoms with Crippen molar-refractivity contribution in [1.82, 2.24) is 14.5 Å². The van der Waals surface area contributed by atoms with Crippen LogP contribution in [0.25, 0.3) is 0 Å². The predicted molar refractivity (Wildman–Crippen MR) is 172 cm³/mol. The van der Waals surface area contributed by atoms with Crippen LogP contribution in [0.1, 0.15) is 22.3 Å². The molecule has 1 unspecified atom stereocenters. The molecule has 0 aliphatic rings. The van der Waals surface area contributed by atoms with E-state index in [1.807, 2.05) is 115 Å². The van der Waals surface area contributed by atoms with E-state index >= 15 is 0 Å². The molecule has 9 heteroatoms. The highest BCUT2D eigenvalue weighted by molar-refractivity contribution is 7.88. The summed E-state index contributed by atoms with van der Waals surface area (Å²) in [5, 5.41) is 3.03. The van der Waals surface area contributed by atoms with Crippen molar-refractivity contribution >= 4 is 21.8 Å². The molecule has 0 aliphatic carbocycles. The Morgan fingerprint density at radius 2 is 1.25 bits per heavy atom. The van der Waals surface area contributed by atoms with Crippen LogP contribution in [0, 0.1) is 0 Å². The summed E-state index contributed by atoms with van der Waals surface area (Å²) in [4.78, 5) is 29.5. The largest absolute Gasteiger partial charge is 0.497 e.